The van der Waals surface area contributed by atoms with E-state index in [0.29, 0.717) is 29.9 Å². The molecule has 0 N–H and O–H groups in total. The van der Waals surface area contributed by atoms with E-state index in [1.54, 1.807) is 17.1 Å². The minimum absolute atomic E-state index is 0.170. The molecule has 1 saturated carbocycles. The van der Waals surface area contributed by atoms with Crippen molar-refractivity contribution < 1.29 is 18.3 Å². The van der Waals surface area contributed by atoms with Gasteiger partial charge in [-0.3, -0.25) is 0 Å². The van der Waals surface area contributed by atoms with Crippen molar-refractivity contribution in [3.63, 3.8) is 0 Å². The van der Waals surface area contributed by atoms with E-state index in [4.69, 9.17) is 9.47 Å². The van der Waals surface area contributed by atoms with Crippen LogP contribution in [0.5, 0.6) is 5.88 Å². The highest BCUT2D eigenvalue weighted by Gasteiger charge is 2.59. The summed E-state index contributed by atoms with van der Waals surface area (Å²) in [5, 5.41) is 4.32. The Balaban J connectivity index is 1.61. The molecule has 11 heteroatoms. The summed E-state index contributed by atoms with van der Waals surface area (Å²) in [5.41, 5.74) is 1.77. The first-order valence-electron chi connectivity index (χ1n) is 9.73. The lowest BCUT2D eigenvalue weighted by atomic mass is 10.1. The van der Waals surface area contributed by atoms with E-state index in [2.05, 4.69) is 44.7 Å². The van der Waals surface area contributed by atoms with Crippen LogP contribution >= 0.6 is 0 Å². The van der Waals surface area contributed by atoms with Gasteiger partial charge in [-0.1, -0.05) is 19.6 Å². The minimum Gasteiger partial charge on any atom is -0.480 e. The largest absolute Gasteiger partial charge is 0.480 e. The van der Waals surface area contributed by atoms with Gasteiger partial charge in [0, 0.05) is 21.1 Å². The maximum Gasteiger partial charge on any atom is 0.257 e. The molecule has 1 aliphatic rings. The third kappa shape index (κ3) is 4.17. The van der Waals surface area contributed by atoms with E-state index >= 15 is 0 Å². The Labute approximate surface area is 173 Å². The molecular weight excluding hydrogens is 410 g/mol. The molecule has 8 nitrogen and oxygen atoms in total. The third-order valence-electron chi connectivity index (χ3n) is 5.02. The predicted molar refractivity (Wildman–Crippen MR) is 109 cm³/mol. The van der Waals surface area contributed by atoms with Crippen LogP contribution in [0.3, 0.4) is 0 Å². The average Bonchev–Trinajstić information content (AvgIpc) is 3.15. The monoisotopic (exact) mass is 434 g/mol. The predicted octanol–water partition coefficient (Wildman–Crippen LogP) is 3.73. The summed E-state index contributed by atoms with van der Waals surface area (Å²) in [7, 11) is 0.262. The molecule has 3 heterocycles. The van der Waals surface area contributed by atoms with E-state index in [-0.39, 0.29) is 23.8 Å². The van der Waals surface area contributed by atoms with Crippen LogP contribution in [0.1, 0.15) is 18.0 Å². The van der Waals surface area contributed by atoms with Gasteiger partial charge in [0.25, 0.3) is 5.92 Å². The smallest absolute Gasteiger partial charge is 0.257 e. The Kier molecular flexibility index (Phi) is 5.26. The van der Waals surface area contributed by atoms with Crippen molar-refractivity contribution in [3.05, 3.63) is 24.4 Å². The van der Waals surface area contributed by atoms with Crippen LogP contribution in [0.4, 0.5) is 8.78 Å². The average molecular weight is 435 g/mol. The zero-order valence-electron chi connectivity index (χ0n) is 17.4. The summed E-state index contributed by atoms with van der Waals surface area (Å²) < 4.78 is 40.2. The molecule has 1 atom stereocenters. The first-order valence-corrected chi connectivity index (χ1v) is 13.4. The van der Waals surface area contributed by atoms with Gasteiger partial charge in [-0.15, -0.1) is 0 Å². The van der Waals surface area contributed by atoms with Crippen molar-refractivity contribution in [1.82, 2.24) is 29.7 Å². The van der Waals surface area contributed by atoms with Gasteiger partial charge in [0.2, 0.25) is 5.88 Å². The van der Waals surface area contributed by atoms with E-state index in [0.717, 1.165) is 6.04 Å². The Morgan fingerprint density at radius 1 is 1.20 bits per heavy atom. The summed E-state index contributed by atoms with van der Waals surface area (Å²) in [6.07, 6.45) is 4.17. The van der Waals surface area contributed by atoms with Crippen LogP contribution in [-0.2, 0) is 11.5 Å². The zero-order chi connectivity index (χ0) is 21.5. The number of hydrogen-bond donors (Lipinski definition) is 0. The number of rotatable bonds is 8. The van der Waals surface area contributed by atoms with Gasteiger partial charge < -0.3 is 9.47 Å². The maximum absolute atomic E-state index is 13.7. The number of halogens is 2. The SMILES string of the molecule is COc1ncnc(C2CC2(F)F)c1-c1ncc2c(cnn2COCC[Si](C)(C)C)n1. The second kappa shape index (κ2) is 7.62. The van der Waals surface area contributed by atoms with Crippen LogP contribution in [0.2, 0.25) is 25.7 Å². The zero-order valence-corrected chi connectivity index (χ0v) is 18.4. The summed E-state index contributed by atoms with van der Waals surface area (Å²) in [4.78, 5) is 17.0. The molecule has 160 valence electrons. The fourth-order valence-corrected chi connectivity index (χ4v) is 3.90. The van der Waals surface area contributed by atoms with Gasteiger partial charge in [0.05, 0.1) is 31.1 Å². The molecule has 3 aromatic rings. The quantitative estimate of drug-likeness (QED) is 0.394. The van der Waals surface area contributed by atoms with Gasteiger partial charge in [-0.05, 0) is 6.04 Å². The Bertz CT molecular complexity index is 1070. The minimum atomic E-state index is -2.78. The highest BCUT2D eigenvalue weighted by Crippen LogP contribution is 2.57. The molecule has 0 amide bonds. The lowest BCUT2D eigenvalue weighted by Crippen LogP contribution is -2.22. The molecule has 1 fully saturated rings. The molecule has 1 unspecified atom stereocenters. The van der Waals surface area contributed by atoms with Gasteiger partial charge >= 0.3 is 0 Å². The second-order valence-electron chi connectivity index (χ2n) is 8.62. The summed E-state index contributed by atoms with van der Waals surface area (Å²) in [6, 6.07) is 1.06. The molecule has 0 aromatic carbocycles. The summed E-state index contributed by atoms with van der Waals surface area (Å²) >= 11 is 0. The maximum atomic E-state index is 13.7. The van der Waals surface area contributed by atoms with E-state index in [1.165, 1.54) is 13.4 Å². The highest BCUT2D eigenvalue weighted by molar-refractivity contribution is 6.76. The molecule has 0 radical (unpaired) electrons. The van der Waals surface area contributed by atoms with Crippen molar-refractivity contribution in [1.29, 1.82) is 0 Å². The normalized spacial score (nSPS) is 18.0. The molecule has 0 bridgehead atoms. The Hall–Kier alpha value is -2.53. The molecule has 0 spiro atoms. The lowest BCUT2D eigenvalue weighted by molar-refractivity contribution is 0.0816. The Morgan fingerprint density at radius 2 is 1.97 bits per heavy atom. The Morgan fingerprint density at radius 3 is 2.63 bits per heavy atom. The fourth-order valence-electron chi connectivity index (χ4n) is 3.14. The first-order chi connectivity index (χ1) is 14.2. The number of methoxy groups -OCH3 is 1. The number of alkyl halides is 2. The van der Waals surface area contributed by atoms with Crippen LogP contribution in [0.15, 0.2) is 18.7 Å². The van der Waals surface area contributed by atoms with Crippen molar-refractivity contribution in [3.8, 4) is 17.3 Å². The molecule has 30 heavy (non-hydrogen) atoms. The summed E-state index contributed by atoms with van der Waals surface area (Å²) in [6.45, 7) is 7.86. The summed E-state index contributed by atoms with van der Waals surface area (Å²) in [5.74, 6) is -3.36. The molecule has 3 aromatic heterocycles. The van der Waals surface area contributed by atoms with E-state index in [9.17, 15) is 8.78 Å². The van der Waals surface area contributed by atoms with Crippen molar-refractivity contribution in [2.75, 3.05) is 13.7 Å². The number of nitrogens with zero attached hydrogens (tertiary/aromatic N) is 6. The van der Waals surface area contributed by atoms with E-state index in [1.807, 2.05) is 0 Å². The second-order valence-corrected chi connectivity index (χ2v) is 14.2. The van der Waals surface area contributed by atoms with Crippen molar-refractivity contribution in [2.24, 2.45) is 0 Å². The van der Waals surface area contributed by atoms with Crippen molar-refractivity contribution >= 4 is 19.1 Å². The third-order valence-corrected chi connectivity index (χ3v) is 6.72. The van der Waals surface area contributed by atoms with Crippen LogP contribution in [0, 0.1) is 0 Å². The topological polar surface area (TPSA) is 87.8 Å². The number of fused-ring (bicyclic) bond motifs is 1. The molecule has 1 aliphatic carbocycles. The molecule has 0 aliphatic heterocycles. The molecular formula is C19H24F2N6O2Si. The highest BCUT2D eigenvalue weighted by atomic mass is 28.3. The standard InChI is InChI=1S/C19H24F2N6O2Si/c1-28-18-15(16(23-10-24-18)12-7-19(12,20)21)17-22-9-14-13(26-17)8-25-27(14)11-29-5-6-30(2,3)4/h8-10,12H,5-7,11H2,1-4H3. The van der Waals surface area contributed by atoms with Crippen LogP contribution < -0.4 is 4.74 Å². The first kappa shape index (κ1) is 20.7. The number of aromatic nitrogens is 6. The molecule has 4 rings (SSSR count). The number of hydrogen-bond acceptors (Lipinski definition) is 7. The fraction of sp³-hybridized carbons (Fsp3) is 0.526. The van der Waals surface area contributed by atoms with Crippen LogP contribution in [0.25, 0.3) is 22.4 Å². The van der Waals surface area contributed by atoms with Crippen LogP contribution in [-0.4, -0.2) is 57.4 Å². The van der Waals surface area contributed by atoms with Gasteiger partial charge in [0.15, 0.2) is 5.82 Å². The van der Waals surface area contributed by atoms with E-state index < -0.39 is 19.9 Å². The lowest BCUT2D eigenvalue weighted by Gasteiger charge is -2.15. The molecule has 0 saturated heterocycles. The van der Waals surface area contributed by atoms with Gasteiger partial charge in [-0.2, -0.15) is 5.10 Å². The van der Waals surface area contributed by atoms with Gasteiger partial charge in [-0.25, -0.2) is 33.4 Å². The van der Waals surface area contributed by atoms with Crippen molar-refractivity contribution in [2.45, 2.75) is 50.7 Å². The number of ether oxygens (including phenoxy) is 2. The van der Waals surface area contributed by atoms with Gasteiger partial charge in [0.1, 0.15) is 29.7 Å².